The fraction of sp³-hybridized carbons (Fsp3) is 0.444. The second-order valence-corrected chi connectivity index (χ2v) is 1.96. The molecule has 0 radical (unpaired) electrons. The minimum Gasteiger partial charge on any atom is -0.450 e. The average Bonchev–Trinajstić information content (AvgIpc) is 2.04. The highest BCUT2D eigenvalue weighted by molar-refractivity contribution is 5.68. The number of carbonyl (C=O) groups excluding carboxylic acids is 1. The number of nitrogens with zero attached hydrogens (tertiary/aromatic N) is 1. The van der Waals surface area contributed by atoms with Gasteiger partial charge in [-0.1, -0.05) is 11.8 Å². The van der Waals surface area contributed by atoms with Crippen molar-refractivity contribution in [1.82, 2.24) is 4.90 Å². The van der Waals surface area contributed by atoms with Crippen LogP contribution >= 0.6 is 0 Å². The van der Waals surface area contributed by atoms with Crippen molar-refractivity contribution in [3.63, 3.8) is 0 Å². The van der Waals surface area contributed by atoms with Crippen molar-refractivity contribution in [2.75, 3.05) is 19.7 Å². The summed E-state index contributed by atoms with van der Waals surface area (Å²) in [6.45, 7) is 2.42. The Kier molecular flexibility index (Phi) is 5.30. The zero-order valence-electron chi connectivity index (χ0n) is 7.04. The monoisotopic (exact) mass is 165 g/mol. The summed E-state index contributed by atoms with van der Waals surface area (Å²) < 4.78 is 4.70. The van der Waals surface area contributed by atoms with Gasteiger partial charge in [0, 0.05) is 0 Å². The van der Waals surface area contributed by atoms with Crippen molar-refractivity contribution in [3.05, 3.63) is 0 Å². The molecule has 0 N–H and O–H groups in total. The maximum atomic E-state index is 11.0. The summed E-state index contributed by atoms with van der Waals surface area (Å²) in [5, 5.41) is 0. The van der Waals surface area contributed by atoms with E-state index in [9.17, 15) is 4.79 Å². The Morgan fingerprint density at radius 3 is 2.25 bits per heavy atom. The SMILES string of the molecule is C#CCN(CC#C)C(=O)OCC. The number of rotatable bonds is 3. The molecule has 0 aliphatic rings. The van der Waals surface area contributed by atoms with E-state index in [-0.39, 0.29) is 13.1 Å². The lowest BCUT2D eigenvalue weighted by atomic mass is 10.5. The fourth-order valence-corrected chi connectivity index (χ4v) is 0.620. The summed E-state index contributed by atoms with van der Waals surface area (Å²) in [5.74, 6) is 4.64. The molecule has 0 heterocycles. The van der Waals surface area contributed by atoms with Gasteiger partial charge in [-0.05, 0) is 6.92 Å². The molecule has 0 aromatic rings. The molecule has 0 bridgehead atoms. The van der Waals surface area contributed by atoms with Gasteiger partial charge in [0.05, 0.1) is 19.7 Å². The Hall–Kier alpha value is -1.61. The molecule has 0 fully saturated rings. The zero-order chi connectivity index (χ0) is 9.40. The first-order valence-corrected chi connectivity index (χ1v) is 3.54. The van der Waals surface area contributed by atoms with Crippen LogP contribution in [0.2, 0.25) is 0 Å². The highest BCUT2D eigenvalue weighted by Crippen LogP contribution is 1.91. The third-order valence-electron chi connectivity index (χ3n) is 1.09. The molecule has 3 nitrogen and oxygen atoms in total. The van der Waals surface area contributed by atoms with Gasteiger partial charge < -0.3 is 4.74 Å². The average molecular weight is 165 g/mol. The van der Waals surface area contributed by atoms with Gasteiger partial charge in [0.2, 0.25) is 0 Å². The molecule has 0 atom stereocenters. The van der Waals surface area contributed by atoms with Gasteiger partial charge in [-0.3, -0.25) is 4.90 Å². The Morgan fingerprint density at radius 2 is 1.92 bits per heavy atom. The van der Waals surface area contributed by atoms with Crippen LogP contribution in [0.3, 0.4) is 0 Å². The standard InChI is InChI=1S/C9H11NO2/c1-4-7-10(8-5-2)9(11)12-6-3/h1-2H,6-8H2,3H3. The van der Waals surface area contributed by atoms with Crippen molar-refractivity contribution < 1.29 is 9.53 Å². The number of hydrogen-bond donors (Lipinski definition) is 0. The summed E-state index contributed by atoms with van der Waals surface area (Å²) in [7, 11) is 0. The first-order chi connectivity index (χ1) is 5.76. The number of hydrogen-bond acceptors (Lipinski definition) is 2. The lowest BCUT2D eigenvalue weighted by Gasteiger charge is -2.15. The zero-order valence-corrected chi connectivity index (χ0v) is 7.04. The lowest BCUT2D eigenvalue weighted by Crippen LogP contribution is -2.32. The van der Waals surface area contributed by atoms with Crippen LogP contribution in [0.15, 0.2) is 0 Å². The van der Waals surface area contributed by atoms with Crippen LogP contribution < -0.4 is 0 Å². The van der Waals surface area contributed by atoms with Crippen molar-refractivity contribution in [3.8, 4) is 24.7 Å². The molecule has 0 aliphatic heterocycles. The van der Waals surface area contributed by atoms with Crippen LogP contribution in [0.1, 0.15) is 6.92 Å². The van der Waals surface area contributed by atoms with Gasteiger partial charge in [0.25, 0.3) is 0 Å². The predicted octanol–water partition coefficient (Wildman–Crippen LogP) is 0.711. The van der Waals surface area contributed by atoms with Crippen molar-refractivity contribution >= 4 is 6.09 Å². The molecule has 0 unspecified atom stereocenters. The highest BCUT2D eigenvalue weighted by Gasteiger charge is 2.10. The van der Waals surface area contributed by atoms with E-state index in [0.717, 1.165) is 0 Å². The van der Waals surface area contributed by atoms with E-state index in [4.69, 9.17) is 17.6 Å². The maximum Gasteiger partial charge on any atom is 0.411 e. The van der Waals surface area contributed by atoms with Crippen LogP contribution in [-0.4, -0.2) is 30.7 Å². The van der Waals surface area contributed by atoms with E-state index in [1.165, 1.54) is 4.90 Å². The van der Waals surface area contributed by atoms with Gasteiger partial charge in [0.15, 0.2) is 0 Å². The molecule has 0 spiro atoms. The van der Waals surface area contributed by atoms with E-state index in [1.807, 2.05) is 0 Å². The van der Waals surface area contributed by atoms with Crippen LogP contribution in [0.25, 0.3) is 0 Å². The molecule has 12 heavy (non-hydrogen) atoms. The van der Waals surface area contributed by atoms with Crippen LogP contribution in [0.5, 0.6) is 0 Å². The van der Waals surface area contributed by atoms with E-state index >= 15 is 0 Å². The maximum absolute atomic E-state index is 11.0. The first-order valence-electron chi connectivity index (χ1n) is 3.54. The van der Waals surface area contributed by atoms with Crippen LogP contribution in [-0.2, 0) is 4.74 Å². The number of carbonyl (C=O) groups is 1. The molecular weight excluding hydrogens is 154 g/mol. The lowest BCUT2D eigenvalue weighted by molar-refractivity contribution is 0.116. The number of terminal acetylenes is 2. The second-order valence-electron chi connectivity index (χ2n) is 1.96. The van der Waals surface area contributed by atoms with Crippen molar-refractivity contribution in [1.29, 1.82) is 0 Å². The van der Waals surface area contributed by atoms with Crippen LogP contribution in [0.4, 0.5) is 4.79 Å². The Balaban J connectivity index is 4.03. The molecule has 0 saturated carbocycles. The summed E-state index contributed by atoms with van der Waals surface area (Å²) in [6, 6.07) is 0. The largest absolute Gasteiger partial charge is 0.450 e. The van der Waals surface area contributed by atoms with E-state index in [0.29, 0.717) is 6.61 Å². The molecule has 0 aliphatic carbocycles. The highest BCUT2D eigenvalue weighted by atomic mass is 16.6. The van der Waals surface area contributed by atoms with Crippen molar-refractivity contribution in [2.45, 2.75) is 6.92 Å². The third kappa shape index (κ3) is 3.53. The summed E-state index contributed by atoms with van der Waals surface area (Å²) >= 11 is 0. The topological polar surface area (TPSA) is 29.5 Å². The summed E-state index contributed by atoms with van der Waals surface area (Å²) in [6.07, 6.45) is 9.59. The Labute approximate surface area is 72.7 Å². The van der Waals surface area contributed by atoms with Crippen molar-refractivity contribution in [2.24, 2.45) is 0 Å². The predicted molar refractivity (Wildman–Crippen MR) is 46.3 cm³/mol. The minimum atomic E-state index is -0.464. The van der Waals surface area contributed by atoms with Gasteiger partial charge in [0.1, 0.15) is 0 Å². The van der Waals surface area contributed by atoms with Crippen LogP contribution in [0, 0.1) is 24.7 Å². The quantitative estimate of drug-likeness (QED) is 0.576. The normalized spacial score (nSPS) is 7.92. The third-order valence-corrected chi connectivity index (χ3v) is 1.09. The molecular formula is C9H11NO2. The van der Waals surface area contributed by atoms with Gasteiger partial charge in [-0.15, -0.1) is 12.8 Å². The molecule has 0 aromatic heterocycles. The molecule has 0 rings (SSSR count). The van der Waals surface area contributed by atoms with E-state index < -0.39 is 6.09 Å². The number of ether oxygens (including phenoxy) is 1. The Bertz CT molecular complexity index is 206. The minimum absolute atomic E-state index is 0.184. The van der Waals surface area contributed by atoms with E-state index in [1.54, 1.807) is 6.92 Å². The van der Waals surface area contributed by atoms with E-state index in [2.05, 4.69) is 11.8 Å². The summed E-state index contributed by atoms with van der Waals surface area (Å²) in [4.78, 5) is 12.3. The summed E-state index contributed by atoms with van der Waals surface area (Å²) in [5.41, 5.74) is 0. The number of amides is 1. The molecule has 3 heteroatoms. The molecule has 64 valence electrons. The van der Waals surface area contributed by atoms with Gasteiger partial charge in [-0.25, -0.2) is 4.79 Å². The molecule has 0 aromatic carbocycles. The fourth-order valence-electron chi connectivity index (χ4n) is 0.620. The smallest absolute Gasteiger partial charge is 0.411 e. The first kappa shape index (κ1) is 10.4. The van der Waals surface area contributed by atoms with Gasteiger partial charge in [-0.2, -0.15) is 0 Å². The molecule has 1 amide bonds. The second kappa shape index (κ2) is 6.12. The Morgan fingerprint density at radius 1 is 1.42 bits per heavy atom. The van der Waals surface area contributed by atoms with Gasteiger partial charge >= 0.3 is 6.09 Å². The molecule has 0 saturated heterocycles.